The highest BCUT2D eigenvalue weighted by atomic mass is 35.5. The molecule has 1 aromatic rings. The molecule has 1 atom stereocenters. The Hall–Kier alpha value is -0.860. The zero-order valence-electron chi connectivity index (χ0n) is 10.4. The van der Waals surface area contributed by atoms with Crippen LogP contribution in [0.1, 0.15) is 38.3 Å². The van der Waals surface area contributed by atoms with Crippen LogP contribution in [0.25, 0.3) is 0 Å². The summed E-state index contributed by atoms with van der Waals surface area (Å²) in [7, 11) is 0. The molecule has 0 amide bonds. The maximum atomic E-state index is 13.0. The highest BCUT2D eigenvalue weighted by molar-refractivity contribution is 6.31. The second-order valence-corrected chi connectivity index (χ2v) is 4.74. The normalized spacial score (nSPS) is 12.5. The van der Waals surface area contributed by atoms with Crippen molar-refractivity contribution in [2.45, 2.75) is 32.7 Å². The number of nitrogens with one attached hydrogen (secondary N) is 1. The van der Waals surface area contributed by atoms with Crippen LogP contribution < -0.4 is 5.32 Å². The third-order valence-corrected chi connectivity index (χ3v) is 2.86. The summed E-state index contributed by atoms with van der Waals surface area (Å²) in [6, 6.07) is 4.66. The van der Waals surface area contributed by atoms with E-state index in [0.29, 0.717) is 5.02 Å². The van der Waals surface area contributed by atoms with Crippen LogP contribution in [0.15, 0.2) is 30.4 Å². The summed E-state index contributed by atoms with van der Waals surface area (Å²) in [4.78, 5) is 0. The molecule has 0 fully saturated rings. The molecule has 0 aromatic heterocycles. The van der Waals surface area contributed by atoms with Gasteiger partial charge in [-0.2, -0.15) is 0 Å². The Kier molecular flexibility index (Phi) is 5.66. The van der Waals surface area contributed by atoms with Gasteiger partial charge in [0.25, 0.3) is 0 Å². The van der Waals surface area contributed by atoms with Crippen LogP contribution >= 0.6 is 11.6 Å². The summed E-state index contributed by atoms with van der Waals surface area (Å²) < 4.78 is 13.0. The van der Waals surface area contributed by atoms with Gasteiger partial charge >= 0.3 is 0 Å². The Bertz CT molecular complexity index is 390. The van der Waals surface area contributed by atoms with Crippen LogP contribution in [0, 0.1) is 5.82 Å². The first-order valence-electron chi connectivity index (χ1n) is 5.87. The van der Waals surface area contributed by atoms with Gasteiger partial charge in [-0.25, -0.2) is 4.39 Å². The van der Waals surface area contributed by atoms with Crippen LogP contribution in [0.5, 0.6) is 0 Å². The molecule has 3 heteroatoms. The first-order chi connectivity index (χ1) is 8.04. The van der Waals surface area contributed by atoms with Crippen LogP contribution in [0.3, 0.4) is 0 Å². The molecule has 0 aliphatic carbocycles. The topological polar surface area (TPSA) is 12.0 Å². The predicted octanol–water partition coefficient (Wildman–Crippen LogP) is 4.49. The zero-order chi connectivity index (χ0) is 12.8. The van der Waals surface area contributed by atoms with E-state index in [2.05, 4.69) is 18.8 Å². The molecule has 0 aliphatic heterocycles. The van der Waals surface area contributed by atoms with Gasteiger partial charge < -0.3 is 5.32 Å². The van der Waals surface area contributed by atoms with Crippen LogP contribution in [-0.4, -0.2) is 6.54 Å². The van der Waals surface area contributed by atoms with Crippen molar-refractivity contribution in [3.8, 4) is 0 Å². The summed E-state index contributed by atoms with van der Waals surface area (Å²) in [5, 5.41) is 3.88. The molecule has 1 N–H and O–H groups in total. The van der Waals surface area contributed by atoms with Crippen LogP contribution in [0.4, 0.5) is 4.39 Å². The molecule has 1 nitrogen and oxygen atoms in total. The van der Waals surface area contributed by atoms with E-state index < -0.39 is 0 Å². The minimum absolute atomic E-state index is 0.112. The van der Waals surface area contributed by atoms with Crippen LogP contribution in [-0.2, 0) is 0 Å². The van der Waals surface area contributed by atoms with Crippen molar-refractivity contribution in [3.05, 3.63) is 46.8 Å². The lowest BCUT2D eigenvalue weighted by Crippen LogP contribution is -2.22. The average molecular weight is 256 g/mol. The molecular weight excluding hydrogens is 237 g/mol. The van der Waals surface area contributed by atoms with Crippen molar-refractivity contribution in [2.75, 3.05) is 6.54 Å². The van der Waals surface area contributed by atoms with Crippen molar-refractivity contribution in [2.24, 2.45) is 0 Å². The minimum Gasteiger partial charge on any atom is -0.310 e. The maximum Gasteiger partial charge on any atom is 0.124 e. The average Bonchev–Trinajstić information content (AvgIpc) is 2.24. The molecule has 0 bridgehead atoms. The maximum absolute atomic E-state index is 13.0. The first kappa shape index (κ1) is 14.2. The summed E-state index contributed by atoms with van der Waals surface area (Å²) in [5.41, 5.74) is 2.02. The highest BCUT2D eigenvalue weighted by Gasteiger charge is 2.14. The quantitative estimate of drug-likeness (QED) is 0.739. The van der Waals surface area contributed by atoms with Crippen molar-refractivity contribution < 1.29 is 4.39 Å². The lowest BCUT2D eigenvalue weighted by molar-refractivity contribution is 0.526. The van der Waals surface area contributed by atoms with E-state index in [0.717, 1.165) is 30.5 Å². The number of hydrogen-bond donors (Lipinski definition) is 1. The van der Waals surface area contributed by atoms with Gasteiger partial charge in [-0.1, -0.05) is 30.2 Å². The Morgan fingerprint density at radius 3 is 2.76 bits per heavy atom. The molecule has 0 aliphatic rings. The second kappa shape index (κ2) is 6.77. The number of halogens is 2. The molecule has 1 aromatic carbocycles. The number of benzene rings is 1. The summed E-state index contributed by atoms with van der Waals surface area (Å²) in [5.74, 6) is -0.302. The Labute approximate surface area is 108 Å². The Balaban J connectivity index is 2.90. The van der Waals surface area contributed by atoms with E-state index in [1.807, 2.05) is 6.92 Å². The molecule has 0 radical (unpaired) electrons. The summed E-state index contributed by atoms with van der Waals surface area (Å²) in [6.45, 7) is 8.92. The molecule has 94 valence electrons. The zero-order valence-corrected chi connectivity index (χ0v) is 11.1. The van der Waals surface area contributed by atoms with Crippen molar-refractivity contribution in [3.63, 3.8) is 0 Å². The van der Waals surface area contributed by atoms with Crippen LogP contribution in [0.2, 0.25) is 5.02 Å². The molecule has 0 saturated carbocycles. The van der Waals surface area contributed by atoms with Gasteiger partial charge in [-0.05, 0) is 44.0 Å². The third-order valence-electron chi connectivity index (χ3n) is 2.53. The Morgan fingerprint density at radius 1 is 1.53 bits per heavy atom. The fourth-order valence-electron chi connectivity index (χ4n) is 1.74. The van der Waals surface area contributed by atoms with Gasteiger partial charge in [0.2, 0.25) is 0 Å². The molecule has 0 saturated heterocycles. The van der Waals surface area contributed by atoms with Gasteiger partial charge in [-0.15, -0.1) is 6.58 Å². The van der Waals surface area contributed by atoms with Gasteiger partial charge in [0.05, 0.1) is 0 Å². The fraction of sp³-hybridized carbons (Fsp3) is 0.429. The molecule has 17 heavy (non-hydrogen) atoms. The van der Waals surface area contributed by atoms with E-state index in [1.54, 1.807) is 6.07 Å². The fourth-order valence-corrected chi connectivity index (χ4v) is 2.04. The number of rotatable bonds is 6. The van der Waals surface area contributed by atoms with E-state index >= 15 is 0 Å². The third kappa shape index (κ3) is 4.49. The SMILES string of the molecule is C=C(C)CC(NCCC)c1ccc(F)cc1Cl. The van der Waals surface area contributed by atoms with Gasteiger partial charge in [-0.3, -0.25) is 0 Å². The predicted molar refractivity (Wildman–Crippen MR) is 71.9 cm³/mol. The summed E-state index contributed by atoms with van der Waals surface area (Å²) in [6.07, 6.45) is 1.86. The monoisotopic (exact) mass is 255 g/mol. The van der Waals surface area contributed by atoms with E-state index in [4.69, 9.17) is 11.6 Å². The lowest BCUT2D eigenvalue weighted by atomic mass is 10.00. The minimum atomic E-state index is -0.302. The van der Waals surface area contributed by atoms with Gasteiger partial charge in [0.1, 0.15) is 5.82 Å². The first-order valence-corrected chi connectivity index (χ1v) is 6.25. The molecule has 1 unspecified atom stereocenters. The highest BCUT2D eigenvalue weighted by Crippen LogP contribution is 2.27. The molecule has 0 heterocycles. The van der Waals surface area contributed by atoms with Gasteiger partial charge in [0, 0.05) is 11.1 Å². The summed E-state index contributed by atoms with van der Waals surface area (Å²) >= 11 is 6.08. The smallest absolute Gasteiger partial charge is 0.124 e. The van der Waals surface area contributed by atoms with Crippen molar-refractivity contribution >= 4 is 11.6 Å². The second-order valence-electron chi connectivity index (χ2n) is 4.33. The molecule has 0 spiro atoms. The van der Waals surface area contributed by atoms with Gasteiger partial charge in [0.15, 0.2) is 0 Å². The van der Waals surface area contributed by atoms with E-state index in [9.17, 15) is 4.39 Å². The standard InChI is InChI=1S/C14H19ClFN/c1-4-7-17-14(8-10(2)3)12-6-5-11(16)9-13(12)15/h5-6,9,14,17H,2,4,7-8H2,1,3H3. The van der Waals surface area contributed by atoms with Crippen molar-refractivity contribution in [1.29, 1.82) is 0 Å². The largest absolute Gasteiger partial charge is 0.310 e. The van der Waals surface area contributed by atoms with E-state index in [1.165, 1.54) is 12.1 Å². The van der Waals surface area contributed by atoms with Crippen molar-refractivity contribution in [1.82, 2.24) is 5.32 Å². The Morgan fingerprint density at radius 2 is 2.24 bits per heavy atom. The lowest BCUT2D eigenvalue weighted by Gasteiger charge is -2.20. The van der Waals surface area contributed by atoms with E-state index in [-0.39, 0.29) is 11.9 Å². The number of hydrogen-bond acceptors (Lipinski definition) is 1. The molecule has 1 rings (SSSR count). The molecular formula is C14H19ClFN.